The monoisotopic (exact) mass is 239 g/mol. The molecule has 0 saturated carbocycles. The highest BCUT2D eigenvalue weighted by molar-refractivity contribution is 7.16. The van der Waals surface area contributed by atoms with Gasteiger partial charge >= 0.3 is 10.8 Å². The van der Waals surface area contributed by atoms with Crippen LogP contribution in [0.15, 0.2) is 10.9 Å². The van der Waals surface area contributed by atoms with Gasteiger partial charge in [0.05, 0.1) is 12.0 Å². The van der Waals surface area contributed by atoms with Crippen molar-refractivity contribution in [1.29, 1.82) is 0 Å². The molecule has 0 fully saturated rings. The molecule has 0 atom stereocenters. The fourth-order valence-corrected chi connectivity index (χ4v) is 2.39. The van der Waals surface area contributed by atoms with E-state index in [4.69, 9.17) is 0 Å². The van der Waals surface area contributed by atoms with E-state index in [0.717, 1.165) is 10.6 Å². The molecule has 0 bridgehead atoms. The first-order valence-corrected chi connectivity index (χ1v) is 5.49. The fraction of sp³-hybridized carbons (Fsp3) is 0.300. The van der Waals surface area contributed by atoms with E-state index in [9.17, 15) is 9.59 Å². The number of nitrogens with one attached hydrogen (secondary N) is 1. The lowest BCUT2D eigenvalue weighted by molar-refractivity contribution is -0.584. The zero-order valence-electron chi connectivity index (χ0n) is 9.16. The van der Waals surface area contributed by atoms with Gasteiger partial charge in [-0.25, -0.2) is 4.79 Å². The van der Waals surface area contributed by atoms with Crippen molar-refractivity contribution in [3.05, 3.63) is 32.6 Å². The van der Waals surface area contributed by atoms with E-state index in [1.807, 2.05) is 13.8 Å². The van der Waals surface area contributed by atoms with Gasteiger partial charge in [-0.15, -0.1) is 0 Å². The van der Waals surface area contributed by atoms with E-state index in [1.54, 1.807) is 4.52 Å². The summed E-state index contributed by atoms with van der Waals surface area (Å²) in [6.45, 7) is 3.81. The van der Waals surface area contributed by atoms with Crippen LogP contribution in [0, 0.1) is 13.8 Å². The number of hydrogen-bond donors (Lipinski definition) is 1. The van der Waals surface area contributed by atoms with Crippen LogP contribution in [0.3, 0.4) is 0 Å². The molecule has 6 heteroatoms. The van der Waals surface area contributed by atoms with E-state index in [2.05, 4.69) is 9.84 Å². The van der Waals surface area contributed by atoms with Crippen LogP contribution in [0.5, 0.6) is 0 Å². The van der Waals surface area contributed by atoms with Gasteiger partial charge in [0.2, 0.25) is 5.69 Å². The second kappa shape index (κ2) is 3.71. The van der Waals surface area contributed by atoms with Crippen LogP contribution in [0.25, 0.3) is 4.83 Å². The number of carbonyl (C=O) groups excluding carboxylic acids is 1. The second-order valence-corrected chi connectivity index (χ2v) is 4.61. The first-order valence-electron chi connectivity index (χ1n) is 4.68. The number of ether oxygens (including phenoxy) is 1. The van der Waals surface area contributed by atoms with Crippen LogP contribution in [0.2, 0.25) is 0 Å². The fourth-order valence-electron chi connectivity index (χ4n) is 1.43. The second-order valence-electron chi connectivity index (χ2n) is 3.41. The molecule has 2 heterocycles. The maximum absolute atomic E-state index is 11.7. The van der Waals surface area contributed by atoms with Gasteiger partial charge in [0.25, 0.3) is 5.43 Å². The molecule has 0 aliphatic heterocycles. The highest BCUT2D eigenvalue weighted by Gasteiger charge is 2.21. The van der Waals surface area contributed by atoms with Gasteiger partial charge in [-0.3, -0.25) is 4.79 Å². The van der Waals surface area contributed by atoms with Crippen LogP contribution >= 0.6 is 11.3 Å². The Labute approximate surface area is 95.3 Å². The van der Waals surface area contributed by atoms with Crippen molar-refractivity contribution < 1.29 is 14.0 Å². The summed E-state index contributed by atoms with van der Waals surface area (Å²) < 4.78 is 6.19. The smallest absolute Gasteiger partial charge is 0.360 e. The Morgan fingerprint density at radius 1 is 1.50 bits per heavy atom. The van der Waals surface area contributed by atoms with E-state index >= 15 is 0 Å². The number of carbonyl (C=O) groups is 1. The molecule has 0 aliphatic rings. The molecule has 0 aliphatic carbocycles. The first-order chi connectivity index (χ1) is 7.54. The Morgan fingerprint density at radius 3 is 2.81 bits per heavy atom. The van der Waals surface area contributed by atoms with Crippen LogP contribution in [0.4, 0.5) is 0 Å². The molecule has 2 aromatic heterocycles. The number of esters is 1. The topological polar surface area (TPSA) is 63.3 Å². The summed E-state index contributed by atoms with van der Waals surface area (Å²) in [6, 6.07) is 1.26. The van der Waals surface area contributed by atoms with Crippen molar-refractivity contribution in [3.8, 4) is 0 Å². The summed E-state index contributed by atoms with van der Waals surface area (Å²) in [4.78, 5) is 24.7. The average molecular weight is 239 g/mol. The number of methoxy groups -OCH3 is 1. The van der Waals surface area contributed by atoms with Crippen molar-refractivity contribution in [2.75, 3.05) is 7.11 Å². The minimum atomic E-state index is -0.547. The summed E-state index contributed by atoms with van der Waals surface area (Å²) in [5.74, 6) is -0.547. The maximum Gasteiger partial charge on any atom is 0.360 e. The Morgan fingerprint density at radius 2 is 2.19 bits per heavy atom. The molecule has 0 aromatic carbocycles. The summed E-state index contributed by atoms with van der Waals surface area (Å²) >= 11 is 1.40. The molecule has 0 spiro atoms. The largest absolute Gasteiger partial charge is 0.464 e. The van der Waals surface area contributed by atoms with E-state index < -0.39 is 5.97 Å². The Bertz CT molecular complexity index is 627. The minimum absolute atomic E-state index is 0.158. The van der Waals surface area contributed by atoms with E-state index in [-0.39, 0.29) is 11.1 Å². The van der Waals surface area contributed by atoms with Gasteiger partial charge in [-0.1, -0.05) is 15.9 Å². The number of aryl methyl sites for hydroxylation is 2. The third-order valence-corrected chi connectivity index (χ3v) is 3.60. The predicted molar refractivity (Wildman–Crippen MR) is 58.9 cm³/mol. The number of rotatable bonds is 1. The minimum Gasteiger partial charge on any atom is -0.464 e. The molecule has 0 saturated heterocycles. The summed E-state index contributed by atoms with van der Waals surface area (Å²) in [6.07, 6.45) is 0. The van der Waals surface area contributed by atoms with Gasteiger partial charge in [-0.2, -0.15) is 5.10 Å². The lowest BCUT2D eigenvalue weighted by Gasteiger charge is -1.95. The summed E-state index contributed by atoms with van der Waals surface area (Å²) in [7, 11) is 1.28. The molecule has 84 valence electrons. The van der Waals surface area contributed by atoms with E-state index in [1.165, 1.54) is 24.5 Å². The molecule has 5 nitrogen and oxygen atoms in total. The molecule has 0 amide bonds. The lowest BCUT2D eigenvalue weighted by atomic mass is 10.4. The van der Waals surface area contributed by atoms with Crippen molar-refractivity contribution in [1.82, 2.24) is 5.10 Å². The molecule has 2 rings (SSSR count). The van der Waals surface area contributed by atoms with Gasteiger partial charge in [0.15, 0.2) is 5.69 Å². The van der Waals surface area contributed by atoms with Crippen LogP contribution in [-0.4, -0.2) is 18.2 Å². The lowest BCUT2D eigenvalue weighted by Crippen LogP contribution is -2.34. The predicted octanol–water partition coefficient (Wildman–Crippen LogP) is 0.579. The maximum atomic E-state index is 11.7. The number of fused-ring (bicyclic) bond motifs is 1. The normalized spacial score (nSPS) is 10.7. The first kappa shape index (κ1) is 10.8. The number of aromatic nitrogens is 2. The molecule has 2 aromatic rings. The molecule has 0 radical (unpaired) electrons. The zero-order valence-corrected chi connectivity index (χ0v) is 9.97. The van der Waals surface area contributed by atoms with Gasteiger partial charge < -0.3 is 4.74 Å². The van der Waals surface area contributed by atoms with Crippen molar-refractivity contribution in [2.24, 2.45) is 0 Å². The van der Waals surface area contributed by atoms with Crippen molar-refractivity contribution in [3.63, 3.8) is 0 Å². The molecular formula is C10H11N2O3S+. The van der Waals surface area contributed by atoms with E-state index in [0.29, 0.717) is 4.83 Å². The standard InChI is InChI=1S/C10H10N2O3S/c1-5-6(2)16-9-8(13)4-7(10(14)15-3)11-12(5)9/h4H,1-3H3/p+1. The SMILES string of the molecule is COC(=O)c1cc(=O)c2sc(C)c(C)[n+]2[nH]1. The number of thiazole rings is 1. The van der Waals surface area contributed by atoms with Gasteiger partial charge in [0, 0.05) is 13.0 Å². The molecular weight excluding hydrogens is 228 g/mol. The Hall–Kier alpha value is -1.69. The summed E-state index contributed by atoms with van der Waals surface area (Å²) in [5, 5.41) is 2.86. The van der Waals surface area contributed by atoms with Gasteiger partial charge in [-0.05, 0) is 6.92 Å². The summed E-state index contributed by atoms with van der Waals surface area (Å²) in [5.41, 5.74) is 0.897. The number of nitrogens with zero attached hydrogens (tertiary/aromatic N) is 1. The third kappa shape index (κ3) is 1.51. The molecule has 1 N–H and O–H groups in total. The average Bonchev–Trinajstić information content (AvgIpc) is 2.56. The highest BCUT2D eigenvalue weighted by Crippen LogP contribution is 2.12. The number of H-pyrrole nitrogens is 1. The van der Waals surface area contributed by atoms with Crippen molar-refractivity contribution >= 4 is 22.1 Å². The number of hydrogen-bond acceptors (Lipinski definition) is 4. The van der Waals surface area contributed by atoms with Crippen molar-refractivity contribution in [2.45, 2.75) is 13.8 Å². The number of aromatic amines is 1. The zero-order chi connectivity index (χ0) is 11.9. The quantitative estimate of drug-likeness (QED) is 0.585. The third-order valence-electron chi connectivity index (χ3n) is 2.42. The van der Waals surface area contributed by atoms with Crippen LogP contribution < -0.4 is 9.94 Å². The molecule has 0 unspecified atom stereocenters. The van der Waals surface area contributed by atoms with Crippen LogP contribution in [0.1, 0.15) is 21.1 Å². The van der Waals surface area contributed by atoms with Gasteiger partial charge in [0.1, 0.15) is 0 Å². The Kier molecular flexibility index (Phi) is 2.51. The Balaban J connectivity index is 2.80. The highest BCUT2D eigenvalue weighted by atomic mass is 32.1. The molecule has 16 heavy (non-hydrogen) atoms. The van der Waals surface area contributed by atoms with Crippen LogP contribution in [-0.2, 0) is 4.74 Å².